The average Bonchev–Trinajstić information content (AvgIpc) is 2.29. The number of hydrogen-bond acceptors (Lipinski definition) is 3. The van der Waals surface area contributed by atoms with E-state index in [9.17, 15) is 0 Å². The van der Waals surface area contributed by atoms with Crippen molar-refractivity contribution in [2.24, 2.45) is 0 Å². The second kappa shape index (κ2) is 6.84. The molecule has 1 aromatic carbocycles. The van der Waals surface area contributed by atoms with Crippen LogP contribution in [-0.4, -0.2) is 37.8 Å². The molecule has 1 fully saturated rings. The maximum Gasteiger partial charge on any atom is 0.119 e. The van der Waals surface area contributed by atoms with E-state index in [-0.39, 0.29) is 12.4 Å². The van der Waals surface area contributed by atoms with E-state index in [1.165, 1.54) is 5.56 Å². The second-order valence-corrected chi connectivity index (χ2v) is 4.27. The summed E-state index contributed by atoms with van der Waals surface area (Å²) < 4.78 is 10.7. The lowest BCUT2D eigenvalue weighted by Crippen LogP contribution is -2.40. The Morgan fingerprint density at radius 1 is 1.47 bits per heavy atom. The van der Waals surface area contributed by atoms with E-state index in [0.717, 1.165) is 32.0 Å². The minimum absolute atomic E-state index is 0. The van der Waals surface area contributed by atoms with Gasteiger partial charge in [-0.05, 0) is 24.6 Å². The molecule has 0 aliphatic carbocycles. The van der Waals surface area contributed by atoms with Gasteiger partial charge in [0.25, 0.3) is 0 Å². The van der Waals surface area contributed by atoms with E-state index < -0.39 is 0 Å². The highest BCUT2D eigenvalue weighted by Crippen LogP contribution is 2.15. The van der Waals surface area contributed by atoms with Crippen LogP contribution < -0.4 is 4.74 Å². The summed E-state index contributed by atoms with van der Waals surface area (Å²) in [6, 6.07) is 8.26. The lowest BCUT2D eigenvalue weighted by Gasteiger charge is -2.31. The minimum Gasteiger partial charge on any atom is -0.497 e. The van der Waals surface area contributed by atoms with Gasteiger partial charge in [0.05, 0.1) is 19.8 Å². The van der Waals surface area contributed by atoms with E-state index >= 15 is 0 Å². The van der Waals surface area contributed by atoms with Crippen LogP contribution in [0.1, 0.15) is 12.5 Å². The number of methoxy groups -OCH3 is 1. The molecule has 17 heavy (non-hydrogen) atoms. The molecule has 0 amide bonds. The van der Waals surface area contributed by atoms with Gasteiger partial charge >= 0.3 is 0 Å². The van der Waals surface area contributed by atoms with Crippen molar-refractivity contribution >= 4 is 12.4 Å². The lowest BCUT2D eigenvalue weighted by molar-refractivity contribution is -0.0212. The van der Waals surface area contributed by atoms with E-state index in [2.05, 4.69) is 24.0 Å². The molecule has 1 heterocycles. The Morgan fingerprint density at radius 2 is 2.29 bits per heavy atom. The number of nitrogens with zero attached hydrogens (tertiary/aromatic N) is 1. The summed E-state index contributed by atoms with van der Waals surface area (Å²) in [5.41, 5.74) is 1.30. The number of benzene rings is 1. The second-order valence-electron chi connectivity index (χ2n) is 4.27. The van der Waals surface area contributed by atoms with Crippen molar-refractivity contribution in [3.63, 3.8) is 0 Å². The highest BCUT2D eigenvalue weighted by atomic mass is 35.5. The van der Waals surface area contributed by atoms with E-state index in [0.29, 0.717) is 6.10 Å². The van der Waals surface area contributed by atoms with Crippen molar-refractivity contribution in [2.45, 2.75) is 19.6 Å². The fraction of sp³-hybridized carbons (Fsp3) is 0.538. The molecule has 1 atom stereocenters. The molecule has 1 aliphatic rings. The van der Waals surface area contributed by atoms with E-state index in [4.69, 9.17) is 9.47 Å². The summed E-state index contributed by atoms with van der Waals surface area (Å²) >= 11 is 0. The molecule has 0 radical (unpaired) electrons. The Bertz CT molecular complexity index is 346. The van der Waals surface area contributed by atoms with Crippen molar-refractivity contribution in [3.05, 3.63) is 29.8 Å². The standard InChI is InChI=1S/C13H19NO2.ClH/c1-11-9-14(6-7-16-11)10-12-4-3-5-13(8-12)15-2;/h3-5,8,11H,6-7,9-10H2,1-2H3;1H. The molecule has 1 unspecified atom stereocenters. The van der Waals surface area contributed by atoms with Gasteiger partial charge in [-0.25, -0.2) is 0 Å². The van der Waals surface area contributed by atoms with Gasteiger partial charge in [-0.2, -0.15) is 0 Å². The van der Waals surface area contributed by atoms with Crippen LogP contribution in [0, 0.1) is 0 Å². The van der Waals surface area contributed by atoms with Crippen molar-refractivity contribution in [2.75, 3.05) is 26.8 Å². The van der Waals surface area contributed by atoms with Crippen LogP contribution in [0.25, 0.3) is 0 Å². The Labute approximate surface area is 109 Å². The quantitative estimate of drug-likeness (QED) is 0.830. The van der Waals surface area contributed by atoms with Gasteiger partial charge in [0.2, 0.25) is 0 Å². The molecule has 1 aromatic rings. The molecule has 3 nitrogen and oxygen atoms in total. The van der Waals surface area contributed by atoms with Gasteiger partial charge in [0.1, 0.15) is 5.75 Å². The minimum atomic E-state index is 0. The van der Waals surface area contributed by atoms with Crippen LogP contribution in [0.5, 0.6) is 5.75 Å². The number of rotatable bonds is 3. The molecule has 0 N–H and O–H groups in total. The molecule has 1 saturated heterocycles. The van der Waals surface area contributed by atoms with Crippen LogP contribution in [0.15, 0.2) is 24.3 Å². The SMILES string of the molecule is COc1cccc(CN2CCOC(C)C2)c1.Cl. The zero-order valence-electron chi connectivity index (χ0n) is 10.4. The van der Waals surface area contributed by atoms with Crippen LogP contribution in [0.4, 0.5) is 0 Å². The van der Waals surface area contributed by atoms with Crippen LogP contribution in [0.3, 0.4) is 0 Å². The first kappa shape index (κ1) is 14.3. The molecule has 1 aliphatic heterocycles. The fourth-order valence-corrected chi connectivity index (χ4v) is 2.06. The first-order valence-electron chi connectivity index (χ1n) is 5.75. The summed E-state index contributed by atoms with van der Waals surface area (Å²) in [5, 5.41) is 0. The number of hydrogen-bond donors (Lipinski definition) is 0. The van der Waals surface area contributed by atoms with Gasteiger partial charge in [-0.15, -0.1) is 12.4 Å². The number of ether oxygens (including phenoxy) is 2. The summed E-state index contributed by atoms with van der Waals surface area (Å²) in [4.78, 5) is 2.42. The maximum atomic E-state index is 5.52. The maximum absolute atomic E-state index is 5.52. The summed E-state index contributed by atoms with van der Waals surface area (Å²) in [6.07, 6.45) is 0.347. The van der Waals surface area contributed by atoms with Gasteiger partial charge in [-0.1, -0.05) is 12.1 Å². The molecular formula is C13H20ClNO2. The Hall–Kier alpha value is -0.770. The van der Waals surface area contributed by atoms with Crippen molar-refractivity contribution in [1.29, 1.82) is 0 Å². The Morgan fingerprint density at radius 3 is 3.00 bits per heavy atom. The van der Waals surface area contributed by atoms with Crippen LogP contribution in [0.2, 0.25) is 0 Å². The van der Waals surface area contributed by atoms with Crippen molar-refractivity contribution in [3.8, 4) is 5.75 Å². The Kier molecular flexibility index (Phi) is 5.75. The molecule has 0 spiro atoms. The largest absolute Gasteiger partial charge is 0.497 e. The third-order valence-corrected chi connectivity index (χ3v) is 2.87. The normalized spacial score (nSPS) is 20.7. The first-order chi connectivity index (χ1) is 7.78. The molecule has 0 saturated carbocycles. The predicted octanol–water partition coefficient (Wildman–Crippen LogP) is 2.34. The highest BCUT2D eigenvalue weighted by molar-refractivity contribution is 5.85. The van der Waals surface area contributed by atoms with Gasteiger partial charge in [-0.3, -0.25) is 4.90 Å². The van der Waals surface area contributed by atoms with Gasteiger partial charge in [0, 0.05) is 19.6 Å². The van der Waals surface area contributed by atoms with Gasteiger partial charge in [0.15, 0.2) is 0 Å². The molecule has 0 bridgehead atoms. The Balaban J connectivity index is 0.00000144. The molecule has 0 aromatic heterocycles. The average molecular weight is 258 g/mol. The molecule has 2 rings (SSSR count). The third-order valence-electron chi connectivity index (χ3n) is 2.87. The number of morpholine rings is 1. The fourth-order valence-electron chi connectivity index (χ4n) is 2.06. The van der Waals surface area contributed by atoms with Crippen LogP contribution >= 0.6 is 12.4 Å². The summed E-state index contributed by atoms with van der Waals surface area (Å²) in [5.74, 6) is 0.929. The smallest absolute Gasteiger partial charge is 0.119 e. The van der Waals surface area contributed by atoms with Crippen LogP contribution in [-0.2, 0) is 11.3 Å². The molecule has 96 valence electrons. The first-order valence-corrected chi connectivity index (χ1v) is 5.75. The molecule has 4 heteroatoms. The monoisotopic (exact) mass is 257 g/mol. The van der Waals surface area contributed by atoms with E-state index in [1.54, 1.807) is 7.11 Å². The summed E-state index contributed by atoms with van der Waals surface area (Å²) in [7, 11) is 1.70. The van der Waals surface area contributed by atoms with Crippen molar-refractivity contribution < 1.29 is 9.47 Å². The third kappa shape index (κ3) is 4.19. The van der Waals surface area contributed by atoms with Crippen molar-refractivity contribution in [1.82, 2.24) is 4.90 Å². The topological polar surface area (TPSA) is 21.7 Å². The zero-order chi connectivity index (χ0) is 11.4. The lowest BCUT2D eigenvalue weighted by atomic mass is 10.2. The summed E-state index contributed by atoms with van der Waals surface area (Å²) in [6.45, 7) is 5.96. The van der Waals surface area contributed by atoms with E-state index in [1.807, 2.05) is 12.1 Å². The van der Waals surface area contributed by atoms with Gasteiger partial charge < -0.3 is 9.47 Å². The zero-order valence-corrected chi connectivity index (χ0v) is 11.2. The molecular weight excluding hydrogens is 238 g/mol. The highest BCUT2D eigenvalue weighted by Gasteiger charge is 2.16. The predicted molar refractivity (Wildman–Crippen MR) is 70.9 cm³/mol. The number of halogens is 1.